The fourth-order valence-electron chi connectivity index (χ4n) is 6.30. The number of ether oxygens (including phenoxy) is 1. The molecule has 4 atom stereocenters. The molecule has 1 aliphatic rings. The van der Waals surface area contributed by atoms with Gasteiger partial charge in [0, 0.05) is 55.8 Å². The Morgan fingerprint density at radius 1 is 0.980 bits per heavy atom. The van der Waals surface area contributed by atoms with E-state index in [0.717, 1.165) is 33.3 Å². The van der Waals surface area contributed by atoms with E-state index in [9.17, 15) is 14.7 Å². The summed E-state index contributed by atoms with van der Waals surface area (Å²) in [6.45, 7) is 6.67. The number of carbonyl (C=O) groups excluding carboxylic acids is 2. The van der Waals surface area contributed by atoms with Crippen LogP contribution in [0.15, 0.2) is 77.8 Å². The lowest BCUT2D eigenvalue weighted by molar-refractivity contribution is -0.157. The first kappa shape index (κ1) is 38.5. The average molecular weight is 734 g/mol. The van der Waals surface area contributed by atoms with Gasteiger partial charge in [-0.05, 0) is 50.9 Å². The normalized spacial score (nSPS) is 17.3. The highest BCUT2D eigenvalue weighted by molar-refractivity contribution is 7.09. The number of nitrogens with zero attached hydrogens (tertiary/aromatic N) is 5. The Balaban J connectivity index is 1.27. The summed E-state index contributed by atoms with van der Waals surface area (Å²) in [4.78, 5) is 42.7. The summed E-state index contributed by atoms with van der Waals surface area (Å²) in [5.41, 5.74) is 4.84. The number of nitrogens with one attached hydrogen (secondary N) is 2. The quantitative estimate of drug-likeness (QED) is 0.127. The van der Waals surface area contributed by atoms with Gasteiger partial charge in [0.2, 0.25) is 5.91 Å². The van der Waals surface area contributed by atoms with E-state index in [0.29, 0.717) is 51.2 Å². The number of likely N-dealkylation sites (N-methyl/N-ethyl adjacent to an activating group) is 1. The van der Waals surface area contributed by atoms with Crippen molar-refractivity contribution in [3.05, 3.63) is 104 Å². The van der Waals surface area contributed by atoms with Crippen molar-refractivity contribution in [2.24, 2.45) is 0 Å². The Morgan fingerprint density at radius 3 is 2.22 bits per heavy atom. The van der Waals surface area contributed by atoms with Crippen molar-refractivity contribution in [1.29, 1.82) is 0 Å². The molecule has 3 N–H and O–H groups in total. The van der Waals surface area contributed by atoms with Crippen LogP contribution in [0.25, 0.3) is 0 Å². The molecule has 4 aromatic rings. The van der Waals surface area contributed by atoms with Crippen LogP contribution in [0, 0.1) is 0 Å². The maximum atomic E-state index is 14.2. The number of aliphatic hydroxyl groups is 1. The van der Waals surface area contributed by atoms with Crippen molar-refractivity contribution in [3.8, 4) is 0 Å². The number of hydrogen-bond donors (Lipinski definition) is 3. The van der Waals surface area contributed by atoms with E-state index in [2.05, 4.69) is 58.6 Å². The Kier molecular flexibility index (Phi) is 14.5. The predicted octanol–water partition coefficient (Wildman–Crippen LogP) is 5.09. The zero-order valence-corrected chi connectivity index (χ0v) is 31.6. The van der Waals surface area contributed by atoms with Crippen molar-refractivity contribution in [2.75, 3.05) is 33.7 Å². The molecule has 3 heterocycles. The van der Waals surface area contributed by atoms with Gasteiger partial charge in [-0.2, -0.15) is 0 Å². The minimum absolute atomic E-state index is 0.123. The van der Waals surface area contributed by atoms with E-state index in [1.165, 1.54) is 11.3 Å². The Hall–Kier alpha value is -3.72. The molecule has 0 bridgehead atoms. The average Bonchev–Trinajstić information content (AvgIpc) is 3.83. The molecule has 5 rings (SSSR count). The van der Waals surface area contributed by atoms with E-state index >= 15 is 0 Å². The molecule has 51 heavy (non-hydrogen) atoms. The van der Waals surface area contributed by atoms with Crippen LogP contribution in [0.4, 0.5) is 4.79 Å². The van der Waals surface area contributed by atoms with Gasteiger partial charge in [-0.25, -0.2) is 9.78 Å². The van der Waals surface area contributed by atoms with Crippen LogP contribution in [-0.4, -0.2) is 100.0 Å². The second-order valence-electron chi connectivity index (χ2n) is 13.7. The molecule has 1 aliphatic heterocycles. The molecule has 0 radical (unpaired) electrons. The number of aliphatic hydroxyl groups excluding tert-OH is 1. The molecular weight excluding hydrogens is 683 g/mol. The molecule has 0 spiro atoms. The number of aromatic nitrogens is 2. The largest absolute Gasteiger partial charge is 0.444 e. The summed E-state index contributed by atoms with van der Waals surface area (Å²) >= 11 is 3.08. The summed E-state index contributed by atoms with van der Waals surface area (Å²) in [6.07, 6.45) is 2.76. The number of amides is 2. The van der Waals surface area contributed by atoms with Gasteiger partial charge in [0.05, 0.1) is 21.1 Å². The van der Waals surface area contributed by atoms with Crippen LogP contribution in [-0.2, 0) is 35.5 Å². The summed E-state index contributed by atoms with van der Waals surface area (Å²) in [6, 6.07) is 19.2. The zero-order valence-electron chi connectivity index (χ0n) is 30.0. The molecule has 11 nitrogen and oxygen atoms in total. The van der Waals surface area contributed by atoms with Crippen LogP contribution in [0.5, 0.6) is 0 Å². The monoisotopic (exact) mass is 733 g/mol. The van der Waals surface area contributed by atoms with Crippen molar-refractivity contribution >= 4 is 34.7 Å². The molecular formula is C38H51N7O4S2. The second-order valence-corrected chi connectivity index (χ2v) is 15.5. The van der Waals surface area contributed by atoms with E-state index in [1.54, 1.807) is 23.0 Å². The molecule has 13 heteroatoms. The number of benzene rings is 2. The lowest BCUT2D eigenvalue weighted by atomic mass is 9.95. The Morgan fingerprint density at radius 2 is 1.63 bits per heavy atom. The first-order chi connectivity index (χ1) is 24.6. The number of alkyl carbamates (subject to hydrolysis) is 1. The topological polar surface area (TPSA) is 123 Å². The fourth-order valence-corrected chi connectivity index (χ4v) is 7.63. The van der Waals surface area contributed by atoms with E-state index in [1.807, 2.05) is 65.7 Å². The third kappa shape index (κ3) is 11.9. The molecule has 0 saturated carbocycles. The smallest absolute Gasteiger partial charge is 0.407 e. The molecule has 2 amide bonds. The standard InChI is InChI=1S/C38H51N7O4S2/c1-27(2)36-41-32(25-50-36)22-44(4)38(48)45-18-17-43(3)23-34(45)35(46)40-30(19-28-11-7-5-8-12-28)15-16-31(20-29-13-9-6-10-14-29)42-37(47)49-24-33-21-39-26-51-33/h5-14,21,25-27,30-31,34,38,48H,15-20,22-24H2,1-4H3,(H,40,46)(H,42,47)/t30-,31+,34-,38?/m0/s1. The van der Waals surface area contributed by atoms with Crippen LogP contribution in [0.3, 0.4) is 0 Å². The Labute approximate surface area is 309 Å². The van der Waals surface area contributed by atoms with Crippen molar-refractivity contribution < 1.29 is 19.4 Å². The molecule has 0 aliphatic carbocycles. The molecule has 2 aromatic carbocycles. The molecule has 1 unspecified atom stereocenters. The molecule has 1 fully saturated rings. The van der Waals surface area contributed by atoms with Gasteiger partial charge in [0.1, 0.15) is 12.6 Å². The Bertz CT molecular complexity index is 1620. The highest BCUT2D eigenvalue weighted by atomic mass is 32.1. The molecule has 1 saturated heterocycles. The summed E-state index contributed by atoms with van der Waals surface area (Å²) in [5.74, 6) is 0.225. The van der Waals surface area contributed by atoms with Gasteiger partial charge in [-0.15, -0.1) is 22.7 Å². The van der Waals surface area contributed by atoms with Gasteiger partial charge in [-0.3, -0.25) is 19.6 Å². The van der Waals surface area contributed by atoms with Crippen LogP contribution in [0.1, 0.15) is 59.3 Å². The van der Waals surface area contributed by atoms with Crippen molar-refractivity contribution in [1.82, 2.24) is 35.3 Å². The number of rotatable bonds is 17. The lowest BCUT2D eigenvalue weighted by Gasteiger charge is -2.44. The van der Waals surface area contributed by atoms with Crippen molar-refractivity contribution in [2.45, 2.75) is 83.1 Å². The van der Waals surface area contributed by atoms with E-state index < -0.39 is 18.5 Å². The SMILES string of the molecule is CC(C)c1nc(CN(C)C(O)N2CCN(C)C[C@H]2C(=O)N[C@@H](CC[C@H](Cc2ccccc2)NC(=O)OCc2cncs2)Cc2ccccc2)cs1. The van der Waals surface area contributed by atoms with E-state index in [-0.39, 0.29) is 24.6 Å². The maximum absolute atomic E-state index is 14.2. The van der Waals surface area contributed by atoms with Crippen LogP contribution in [0.2, 0.25) is 0 Å². The van der Waals surface area contributed by atoms with Gasteiger partial charge >= 0.3 is 6.09 Å². The first-order valence-corrected chi connectivity index (χ1v) is 19.4. The van der Waals surface area contributed by atoms with Gasteiger partial charge in [0.15, 0.2) is 6.35 Å². The second kappa shape index (κ2) is 19.2. The van der Waals surface area contributed by atoms with Crippen molar-refractivity contribution in [3.63, 3.8) is 0 Å². The maximum Gasteiger partial charge on any atom is 0.407 e. The number of thiazole rings is 2. The van der Waals surface area contributed by atoms with E-state index in [4.69, 9.17) is 9.72 Å². The summed E-state index contributed by atoms with van der Waals surface area (Å²) < 4.78 is 5.52. The third-order valence-electron chi connectivity index (χ3n) is 9.10. The van der Waals surface area contributed by atoms with Gasteiger partial charge < -0.3 is 25.4 Å². The van der Waals surface area contributed by atoms with Crippen LogP contribution >= 0.6 is 22.7 Å². The lowest BCUT2D eigenvalue weighted by Crippen LogP contribution is -2.64. The summed E-state index contributed by atoms with van der Waals surface area (Å²) in [5, 5.41) is 21.1. The molecule has 274 valence electrons. The minimum atomic E-state index is -0.957. The highest BCUT2D eigenvalue weighted by Crippen LogP contribution is 2.22. The highest BCUT2D eigenvalue weighted by Gasteiger charge is 2.37. The zero-order chi connectivity index (χ0) is 36.2. The number of hydrogen-bond acceptors (Lipinski definition) is 11. The van der Waals surface area contributed by atoms with Gasteiger partial charge in [0.25, 0.3) is 0 Å². The first-order valence-electron chi connectivity index (χ1n) is 17.6. The van der Waals surface area contributed by atoms with Gasteiger partial charge in [-0.1, -0.05) is 74.5 Å². The number of carbonyl (C=O) groups is 2. The predicted molar refractivity (Wildman–Crippen MR) is 202 cm³/mol. The summed E-state index contributed by atoms with van der Waals surface area (Å²) in [7, 11) is 3.87. The van der Waals surface area contributed by atoms with Crippen LogP contribution < -0.4 is 10.6 Å². The number of piperazine rings is 1. The minimum Gasteiger partial charge on any atom is -0.444 e. The third-order valence-corrected chi connectivity index (χ3v) is 11.1. The molecule has 2 aromatic heterocycles. The fraction of sp³-hybridized carbons (Fsp3) is 0.474.